The highest BCUT2D eigenvalue weighted by molar-refractivity contribution is 5.53. The monoisotopic (exact) mass is 295 g/mol. The zero-order valence-corrected chi connectivity index (χ0v) is 11.2. The quantitative estimate of drug-likeness (QED) is 0.933. The first-order valence-corrected chi connectivity index (χ1v) is 6.23. The van der Waals surface area contributed by atoms with E-state index in [1.165, 1.54) is 6.07 Å². The Kier molecular flexibility index (Phi) is 4.17. The highest BCUT2D eigenvalue weighted by atomic mass is 19.4. The van der Waals surface area contributed by atoms with Crippen molar-refractivity contribution in [3.8, 4) is 6.07 Å². The summed E-state index contributed by atoms with van der Waals surface area (Å²) in [4.78, 5) is 4.03. The molecule has 0 fully saturated rings. The van der Waals surface area contributed by atoms with Crippen molar-refractivity contribution in [2.24, 2.45) is 0 Å². The van der Waals surface area contributed by atoms with E-state index in [-0.39, 0.29) is 6.54 Å². The first-order chi connectivity index (χ1) is 9.94. The van der Waals surface area contributed by atoms with Crippen LogP contribution in [0.25, 0.3) is 0 Å². The second kappa shape index (κ2) is 5.87. The highest BCUT2D eigenvalue weighted by Gasteiger charge is 2.33. The molecule has 0 radical (unpaired) electrons. The molecular weight excluding hydrogens is 283 g/mol. The minimum atomic E-state index is -4.54. The Labute approximate surface area is 119 Å². The lowest BCUT2D eigenvalue weighted by Gasteiger charge is -2.10. The summed E-state index contributed by atoms with van der Waals surface area (Å²) in [6.07, 6.45) is -2.22. The smallest absolute Gasteiger partial charge is 0.417 e. The van der Waals surface area contributed by atoms with Crippen molar-refractivity contribution >= 4 is 5.69 Å². The number of alkyl halides is 3. The molecule has 0 bridgehead atoms. The van der Waals surface area contributed by atoms with Gasteiger partial charge in [-0.15, -0.1) is 0 Å². The van der Waals surface area contributed by atoms with E-state index in [9.17, 15) is 13.2 Å². The molecule has 21 heavy (non-hydrogen) atoms. The zero-order chi connectivity index (χ0) is 15.5. The van der Waals surface area contributed by atoms with E-state index in [4.69, 9.17) is 9.68 Å². The fourth-order valence-corrected chi connectivity index (χ4v) is 1.76. The van der Waals surface area contributed by atoms with Crippen molar-refractivity contribution in [3.05, 3.63) is 47.2 Å². The van der Waals surface area contributed by atoms with E-state index in [1.807, 2.05) is 6.92 Å². The molecule has 2 rings (SSSR count). The normalized spacial score (nSPS) is 11.2. The van der Waals surface area contributed by atoms with Crippen LogP contribution in [0, 0.1) is 11.3 Å². The van der Waals surface area contributed by atoms with Gasteiger partial charge in [-0.25, -0.2) is 4.98 Å². The average molecular weight is 295 g/mol. The minimum Gasteiger partial charge on any atom is -0.444 e. The molecule has 0 spiro atoms. The summed E-state index contributed by atoms with van der Waals surface area (Å²) in [5.74, 6) is 1.17. The third-order valence-corrected chi connectivity index (χ3v) is 2.84. The highest BCUT2D eigenvalue weighted by Crippen LogP contribution is 2.33. The number of nitrogens with one attached hydrogen (secondary N) is 1. The van der Waals surface area contributed by atoms with E-state index in [0.29, 0.717) is 18.0 Å². The lowest BCUT2D eigenvalue weighted by molar-refractivity contribution is -0.137. The Bertz CT molecular complexity index is 671. The summed E-state index contributed by atoms with van der Waals surface area (Å²) in [6.45, 7) is 2.16. The van der Waals surface area contributed by atoms with Crippen molar-refractivity contribution in [1.82, 2.24) is 4.98 Å². The number of aryl methyl sites for hydroxylation is 1. The number of hydrogen-bond donors (Lipinski definition) is 1. The van der Waals surface area contributed by atoms with Crippen LogP contribution in [-0.2, 0) is 19.1 Å². The number of halogens is 3. The molecule has 0 saturated heterocycles. The van der Waals surface area contributed by atoms with E-state index < -0.39 is 17.3 Å². The van der Waals surface area contributed by atoms with E-state index in [0.717, 1.165) is 17.9 Å². The molecular formula is C14H12F3N3O. The first-order valence-electron chi connectivity index (χ1n) is 6.23. The van der Waals surface area contributed by atoms with Crippen LogP contribution in [0.3, 0.4) is 0 Å². The Morgan fingerprint density at radius 1 is 1.38 bits per heavy atom. The Morgan fingerprint density at radius 2 is 2.14 bits per heavy atom. The Hall–Kier alpha value is -2.49. The van der Waals surface area contributed by atoms with E-state index >= 15 is 0 Å². The van der Waals surface area contributed by atoms with Crippen LogP contribution in [0.5, 0.6) is 0 Å². The molecule has 0 aliphatic carbocycles. The predicted octanol–water partition coefficient (Wildman–Crippen LogP) is 3.74. The van der Waals surface area contributed by atoms with Gasteiger partial charge in [0.05, 0.1) is 29.9 Å². The number of hydrogen-bond acceptors (Lipinski definition) is 4. The van der Waals surface area contributed by atoms with Crippen molar-refractivity contribution in [2.45, 2.75) is 26.1 Å². The van der Waals surface area contributed by atoms with Crippen LogP contribution in [0.4, 0.5) is 18.9 Å². The van der Waals surface area contributed by atoms with Gasteiger partial charge in [0.1, 0.15) is 5.76 Å². The summed E-state index contributed by atoms with van der Waals surface area (Å²) in [5, 5.41) is 11.7. The Balaban J connectivity index is 2.13. The zero-order valence-electron chi connectivity index (χ0n) is 11.2. The summed E-state index contributed by atoms with van der Waals surface area (Å²) in [5.41, 5.74) is -0.968. The van der Waals surface area contributed by atoms with E-state index in [1.54, 1.807) is 12.3 Å². The number of oxazole rings is 1. The average Bonchev–Trinajstić information content (AvgIpc) is 2.91. The number of benzene rings is 1. The fourth-order valence-electron chi connectivity index (χ4n) is 1.76. The van der Waals surface area contributed by atoms with Crippen LogP contribution in [0.2, 0.25) is 0 Å². The summed E-state index contributed by atoms with van der Waals surface area (Å²) >= 11 is 0. The fraction of sp³-hybridized carbons (Fsp3) is 0.286. The molecule has 0 unspecified atom stereocenters. The molecule has 0 aliphatic rings. The summed E-state index contributed by atoms with van der Waals surface area (Å²) in [7, 11) is 0. The number of nitriles is 1. The van der Waals surface area contributed by atoms with Gasteiger partial charge >= 0.3 is 6.18 Å². The number of anilines is 1. The molecule has 1 heterocycles. The lowest BCUT2D eigenvalue weighted by Crippen LogP contribution is -2.08. The molecule has 0 atom stereocenters. The molecule has 0 amide bonds. The Morgan fingerprint density at radius 3 is 2.71 bits per heavy atom. The second-order valence-electron chi connectivity index (χ2n) is 4.30. The third kappa shape index (κ3) is 3.54. The van der Waals surface area contributed by atoms with Crippen LogP contribution in [0.1, 0.15) is 29.7 Å². The van der Waals surface area contributed by atoms with Gasteiger partial charge < -0.3 is 9.73 Å². The second-order valence-corrected chi connectivity index (χ2v) is 4.30. The standard InChI is InChI=1S/C14H12F3N3O/c1-2-11-7-20-13(21-11)8-19-10-3-4-12(14(15,16)17)9(5-10)6-18/h3-5,7,19H,2,8H2,1H3. The van der Waals surface area contributed by atoms with Gasteiger partial charge in [0.15, 0.2) is 0 Å². The van der Waals surface area contributed by atoms with E-state index in [2.05, 4.69) is 10.3 Å². The minimum absolute atomic E-state index is 0.232. The number of rotatable bonds is 4. The molecule has 110 valence electrons. The van der Waals surface area contributed by atoms with Crippen LogP contribution >= 0.6 is 0 Å². The molecule has 4 nitrogen and oxygen atoms in total. The molecule has 1 N–H and O–H groups in total. The van der Waals surface area contributed by atoms with Gasteiger partial charge in [0, 0.05) is 12.1 Å². The maximum absolute atomic E-state index is 12.7. The number of aromatic nitrogens is 1. The molecule has 1 aromatic heterocycles. The van der Waals surface area contributed by atoms with Gasteiger partial charge in [-0.3, -0.25) is 0 Å². The predicted molar refractivity (Wildman–Crippen MR) is 69.4 cm³/mol. The maximum atomic E-state index is 12.7. The third-order valence-electron chi connectivity index (χ3n) is 2.84. The maximum Gasteiger partial charge on any atom is 0.417 e. The molecule has 0 saturated carbocycles. The van der Waals surface area contributed by atoms with Gasteiger partial charge in [-0.05, 0) is 18.2 Å². The van der Waals surface area contributed by atoms with Crippen LogP contribution in [-0.4, -0.2) is 4.98 Å². The van der Waals surface area contributed by atoms with Crippen molar-refractivity contribution in [1.29, 1.82) is 5.26 Å². The van der Waals surface area contributed by atoms with Gasteiger partial charge in [0.2, 0.25) is 5.89 Å². The van der Waals surface area contributed by atoms with Gasteiger partial charge in [-0.1, -0.05) is 6.92 Å². The summed E-state index contributed by atoms with van der Waals surface area (Å²) < 4.78 is 43.4. The largest absolute Gasteiger partial charge is 0.444 e. The molecule has 0 aliphatic heterocycles. The van der Waals surface area contributed by atoms with Crippen molar-refractivity contribution in [3.63, 3.8) is 0 Å². The molecule has 2 aromatic rings. The SMILES string of the molecule is CCc1cnc(CNc2ccc(C(F)(F)F)c(C#N)c2)o1. The van der Waals surface area contributed by atoms with Crippen molar-refractivity contribution in [2.75, 3.05) is 5.32 Å². The lowest BCUT2D eigenvalue weighted by atomic mass is 10.1. The first kappa shape index (κ1) is 14.9. The van der Waals surface area contributed by atoms with Crippen molar-refractivity contribution < 1.29 is 17.6 Å². The van der Waals surface area contributed by atoms with Gasteiger partial charge in [0.25, 0.3) is 0 Å². The molecule has 1 aromatic carbocycles. The van der Waals surface area contributed by atoms with Crippen LogP contribution < -0.4 is 5.32 Å². The topological polar surface area (TPSA) is 61.9 Å². The van der Waals surface area contributed by atoms with Crippen LogP contribution in [0.15, 0.2) is 28.8 Å². The molecule has 7 heteroatoms. The number of nitrogens with zero attached hydrogens (tertiary/aromatic N) is 2. The van der Waals surface area contributed by atoms with Gasteiger partial charge in [-0.2, -0.15) is 18.4 Å². The summed E-state index contributed by atoms with van der Waals surface area (Å²) in [6, 6.07) is 4.87.